The van der Waals surface area contributed by atoms with E-state index >= 15 is 0 Å². The van der Waals surface area contributed by atoms with Gasteiger partial charge in [0.1, 0.15) is 5.69 Å². The average Bonchev–Trinajstić information content (AvgIpc) is 2.23. The zero-order valence-electron chi connectivity index (χ0n) is 8.74. The fourth-order valence-electron chi connectivity index (χ4n) is 1.88. The lowest BCUT2D eigenvalue weighted by Crippen LogP contribution is -2.14. The predicted octanol–water partition coefficient (Wildman–Crippen LogP) is 3.48. The number of hydrogen-bond acceptors (Lipinski definition) is 0. The summed E-state index contributed by atoms with van der Waals surface area (Å²) >= 11 is 0. The standard InChI is InChI=1S/C10H14F3N/c1-6(2)8-7(3)5-14(4)9(8)10(11,12)13/h5-6H,1-4H3. The second kappa shape index (κ2) is 3.33. The molecule has 0 aromatic carbocycles. The molecule has 0 atom stereocenters. The number of aromatic nitrogens is 1. The summed E-state index contributed by atoms with van der Waals surface area (Å²) in [7, 11) is 1.43. The van der Waals surface area contributed by atoms with Crippen LogP contribution in [0, 0.1) is 6.92 Å². The van der Waals surface area contributed by atoms with Gasteiger partial charge in [-0.3, -0.25) is 0 Å². The van der Waals surface area contributed by atoms with E-state index in [2.05, 4.69) is 0 Å². The number of hydrogen-bond donors (Lipinski definition) is 0. The quantitative estimate of drug-likeness (QED) is 0.661. The first-order valence-electron chi connectivity index (χ1n) is 4.48. The Labute approximate surface area is 81.5 Å². The molecule has 80 valence electrons. The van der Waals surface area contributed by atoms with Crippen LogP contribution >= 0.6 is 0 Å². The third kappa shape index (κ3) is 1.79. The second-order valence-corrected chi connectivity index (χ2v) is 3.84. The van der Waals surface area contributed by atoms with Gasteiger partial charge in [-0.15, -0.1) is 0 Å². The average molecular weight is 205 g/mol. The van der Waals surface area contributed by atoms with Gasteiger partial charge in [0.05, 0.1) is 0 Å². The Bertz CT molecular complexity index is 334. The van der Waals surface area contributed by atoms with Gasteiger partial charge in [0, 0.05) is 13.2 Å². The molecule has 1 aromatic rings. The molecule has 1 heterocycles. The van der Waals surface area contributed by atoms with E-state index in [0.717, 1.165) is 4.57 Å². The fraction of sp³-hybridized carbons (Fsp3) is 0.600. The normalized spacial score (nSPS) is 12.6. The number of nitrogens with zero attached hydrogens (tertiary/aromatic N) is 1. The van der Waals surface area contributed by atoms with E-state index in [1.165, 1.54) is 13.2 Å². The van der Waals surface area contributed by atoms with E-state index in [9.17, 15) is 13.2 Å². The van der Waals surface area contributed by atoms with Crippen molar-refractivity contribution in [3.8, 4) is 0 Å². The molecule has 1 aromatic heterocycles. The van der Waals surface area contributed by atoms with Crippen LogP contribution < -0.4 is 0 Å². The highest BCUT2D eigenvalue weighted by molar-refractivity contribution is 5.35. The van der Waals surface area contributed by atoms with Gasteiger partial charge in [0.25, 0.3) is 0 Å². The molecule has 0 saturated heterocycles. The van der Waals surface area contributed by atoms with Crippen LogP contribution in [0.25, 0.3) is 0 Å². The van der Waals surface area contributed by atoms with Gasteiger partial charge in [-0.25, -0.2) is 0 Å². The van der Waals surface area contributed by atoms with Crippen molar-refractivity contribution in [3.63, 3.8) is 0 Å². The van der Waals surface area contributed by atoms with Crippen molar-refractivity contribution < 1.29 is 13.2 Å². The minimum atomic E-state index is -4.26. The molecule has 0 aliphatic rings. The van der Waals surface area contributed by atoms with Crippen LogP contribution in [0.2, 0.25) is 0 Å². The molecular formula is C10H14F3N. The van der Waals surface area contributed by atoms with Crippen LogP contribution in [-0.2, 0) is 13.2 Å². The Kier molecular flexibility index (Phi) is 2.65. The van der Waals surface area contributed by atoms with Crippen LogP contribution in [0.15, 0.2) is 6.20 Å². The Balaban J connectivity index is 3.40. The molecule has 0 aliphatic heterocycles. The summed E-state index contributed by atoms with van der Waals surface area (Å²) in [5, 5.41) is 0. The summed E-state index contributed by atoms with van der Waals surface area (Å²) in [6, 6.07) is 0. The lowest BCUT2D eigenvalue weighted by atomic mass is 9.99. The van der Waals surface area contributed by atoms with Crippen molar-refractivity contribution in [2.75, 3.05) is 0 Å². The van der Waals surface area contributed by atoms with E-state index in [4.69, 9.17) is 0 Å². The van der Waals surface area contributed by atoms with Crippen molar-refractivity contribution in [2.24, 2.45) is 7.05 Å². The van der Waals surface area contributed by atoms with Gasteiger partial charge in [0.15, 0.2) is 0 Å². The highest BCUT2D eigenvalue weighted by Gasteiger charge is 2.37. The summed E-state index contributed by atoms with van der Waals surface area (Å²) in [4.78, 5) is 0. The smallest absolute Gasteiger partial charge is 0.347 e. The van der Waals surface area contributed by atoms with Crippen molar-refractivity contribution >= 4 is 0 Å². The molecule has 0 spiro atoms. The maximum absolute atomic E-state index is 12.7. The molecule has 0 unspecified atom stereocenters. The largest absolute Gasteiger partial charge is 0.431 e. The first-order valence-corrected chi connectivity index (χ1v) is 4.48. The van der Waals surface area contributed by atoms with Gasteiger partial charge in [0.2, 0.25) is 0 Å². The zero-order valence-corrected chi connectivity index (χ0v) is 8.74. The monoisotopic (exact) mass is 205 g/mol. The maximum Gasteiger partial charge on any atom is 0.431 e. The van der Waals surface area contributed by atoms with Crippen molar-refractivity contribution in [1.82, 2.24) is 4.57 Å². The Morgan fingerprint density at radius 2 is 1.79 bits per heavy atom. The van der Waals surface area contributed by atoms with Crippen LogP contribution in [0.5, 0.6) is 0 Å². The van der Waals surface area contributed by atoms with Gasteiger partial charge >= 0.3 is 6.18 Å². The number of aryl methyl sites for hydroxylation is 2. The van der Waals surface area contributed by atoms with Crippen molar-refractivity contribution in [1.29, 1.82) is 0 Å². The topological polar surface area (TPSA) is 4.93 Å². The minimum absolute atomic E-state index is 0.104. The minimum Gasteiger partial charge on any atom is -0.347 e. The third-order valence-electron chi connectivity index (χ3n) is 2.27. The predicted molar refractivity (Wildman–Crippen MR) is 49.2 cm³/mol. The molecule has 0 amide bonds. The molecule has 0 bridgehead atoms. The number of rotatable bonds is 1. The van der Waals surface area contributed by atoms with Crippen LogP contribution in [0.4, 0.5) is 13.2 Å². The molecule has 0 N–H and O–H groups in total. The SMILES string of the molecule is Cc1cn(C)c(C(F)(F)F)c1C(C)C. The van der Waals surface area contributed by atoms with E-state index in [1.54, 1.807) is 20.8 Å². The highest BCUT2D eigenvalue weighted by Crippen LogP contribution is 2.37. The molecule has 14 heavy (non-hydrogen) atoms. The summed E-state index contributed by atoms with van der Waals surface area (Å²) < 4.78 is 39.1. The van der Waals surface area contributed by atoms with E-state index in [0.29, 0.717) is 11.1 Å². The van der Waals surface area contributed by atoms with E-state index < -0.39 is 11.9 Å². The number of alkyl halides is 3. The summed E-state index contributed by atoms with van der Waals surface area (Å²) in [6.07, 6.45) is -2.74. The molecule has 0 radical (unpaired) electrons. The first kappa shape index (κ1) is 11.1. The van der Waals surface area contributed by atoms with Crippen LogP contribution in [0.1, 0.15) is 36.6 Å². The van der Waals surface area contributed by atoms with Crippen molar-refractivity contribution in [2.45, 2.75) is 32.9 Å². The molecule has 4 heteroatoms. The Morgan fingerprint density at radius 1 is 1.29 bits per heavy atom. The van der Waals surface area contributed by atoms with E-state index in [1.807, 2.05) is 0 Å². The summed E-state index contributed by atoms with van der Waals surface area (Å²) in [6.45, 7) is 5.26. The summed E-state index contributed by atoms with van der Waals surface area (Å²) in [5.74, 6) is -0.104. The Morgan fingerprint density at radius 3 is 2.07 bits per heavy atom. The highest BCUT2D eigenvalue weighted by atomic mass is 19.4. The van der Waals surface area contributed by atoms with Gasteiger partial charge in [-0.2, -0.15) is 13.2 Å². The fourth-order valence-corrected chi connectivity index (χ4v) is 1.88. The third-order valence-corrected chi connectivity index (χ3v) is 2.27. The lowest BCUT2D eigenvalue weighted by molar-refractivity contribution is -0.143. The number of halogens is 3. The van der Waals surface area contributed by atoms with Gasteiger partial charge in [-0.05, 0) is 24.0 Å². The zero-order chi connectivity index (χ0) is 11.1. The van der Waals surface area contributed by atoms with Crippen LogP contribution in [-0.4, -0.2) is 4.57 Å². The van der Waals surface area contributed by atoms with Crippen molar-refractivity contribution in [3.05, 3.63) is 23.0 Å². The molecule has 1 nitrogen and oxygen atoms in total. The van der Waals surface area contributed by atoms with E-state index in [-0.39, 0.29) is 5.92 Å². The molecule has 0 saturated carbocycles. The van der Waals surface area contributed by atoms with Gasteiger partial charge < -0.3 is 4.57 Å². The molecule has 0 aliphatic carbocycles. The molecule has 0 fully saturated rings. The lowest BCUT2D eigenvalue weighted by Gasteiger charge is -2.13. The molecular weight excluding hydrogens is 191 g/mol. The Hall–Kier alpha value is -0.930. The van der Waals surface area contributed by atoms with Gasteiger partial charge in [-0.1, -0.05) is 13.8 Å². The molecule has 1 rings (SSSR count). The first-order chi connectivity index (χ1) is 6.25. The maximum atomic E-state index is 12.7. The summed E-state index contributed by atoms with van der Waals surface area (Å²) in [5.41, 5.74) is 0.583. The van der Waals surface area contributed by atoms with Crippen LogP contribution in [0.3, 0.4) is 0 Å². The second-order valence-electron chi connectivity index (χ2n) is 3.84.